The highest BCUT2D eigenvalue weighted by atomic mass is 19.1. The van der Waals surface area contributed by atoms with Crippen molar-refractivity contribution < 1.29 is 8.78 Å². The van der Waals surface area contributed by atoms with E-state index in [0.29, 0.717) is 5.92 Å². The summed E-state index contributed by atoms with van der Waals surface area (Å²) < 4.78 is 26.2. The van der Waals surface area contributed by atoms with Gasteiger partial charge in [0.15, 0.2) is 11.6 Å². The number of hydrogen-bond acceptors (Lipinski definition) is 2. The lowest BCUT2D eigenvalue weighted by molar-refractivity contribution is 0.585. The Hall–Kier alpha value is -1.16. The molecule has 0 aliphatic heterocycles. The standard InChI is InChI=1S/C9H10F2N2/c10-7-3-6(5-1-2-5)4-8(11)9(7)13-12/h3-5,13H,1-2,12H2. The molecule has 1 saturated carbocycles. The molecule has 0 radical (unpaired) electrons. The van der Waals surface area contributed by atoms with E-state index < -0.39 is 11.6 Å². The molecule has 1 aromatic rings. The smallest absolute Gasteiger partial charge is 0.150 e. The van der Waals surface area contributed by atoms with E-state index in [-0.39, 0.29) is 5.69 Å². The third-order valence-electron chi connectivity index (χ3n) is 2.26. The molecule has 13 heavy (non-hydrogen) atoms. The van der Waals surface area contributed by atoms with Crippen LogP contribution >= 0.6 is 0 Å². The van der Waals surface area contributed by atoms with Gasteiger partial charge in [-0.1, -0.05) is 0 Å². The van der Waals surface area contributed by atoms with Crippen molar-refractivity contribution in [3.05, 3.63) is 29.3 Å². The van der Waals surface area contributed by atoms with E-state index in [1.807, 2.05) is 5.43 Å². The number of nitrogens with two attached hydrogens (primary N) is 1. The lowest BCUT2D eigenvalue weighted by Gasteiger charge is -2.05. The number of halogens is 2. The minimum absolute atomic E-state index is 0.260. The normalized spacial score (nSPS) is 15.9. The minimum atomic E-state index is -0.621. The molecule has 0 unspecified atom stereocenters. The summed E-state index contributed by atoms with van der Waals surface area (Å²) in [5.74, 6) is 4.06. The van der Waals surface area contributed by atoms with E-state index in [2.05, 4.69) is 0 Å². The van der Waals surface area contributed by atoms with E-state index in [9.17, 15) is 8.78 Å². The van der Waals surface area contributed by atoms with Crippen molar-refractivity contribution in [3.8, 4) is 0 Å². The van der Waals surface area contributed by atoms with Crippen LogP contribution < -0.4 is 11.3 Å². The fourth-order valence-corrected chi connectivity index (χ4v) is 1.38. The van der Waals surface area contributed by atoms with Gasteiger partial charge in [-0.3, -0.25) is 5.84 Å². The molecule has 3 N–H and O–H groups in total. The minimum Gasteiger partial charge on any atom is -0.319 e. The van der Waals surface area contributed by atoms with Crippen LogP contribution in [0.3, 0.4) is 0 Å². The largest absolute Gasteiger partial charge is 0.319 e. The highest BCUT2D eigenvalue weighted by Crippen LogP contribution is 2.41. The van der Waals surface area contributed by atoms with E-state index in [1.54, 1.807) is 0 Å². The molecule has 0 heterocycles. The Labute approximate surface area is 74.7 Å². The maximum atomic E-state index is 13.1. The lowest BCUT2D eigenvalue weighted by atomic mass is 10.1. The summed E-state index contributed by atoms with van der Waals surface area (Å²) >= 11 is 0. The second-order valence-corrected chi connectivity index (χ2v) is 3.28. The monoisotopic (exact) mass is 184 g/mol. The van der Waals surface area contributed by atoms with Crippen molar-refractivity contribution in [2.45, 2.75) is 18.8 Å². The van der Waals surface area contributed by atoms with Crippen LogP contribution in [0.5, 0.6) is 0 Å². The Balaban J connectivity index is 2.42. The zero-order valence-electron chi connectivity index (χ0n) is 6.98. The van der Waals surface area contributed by atoms with Gasteiger partial charge < -0.3 is 5.43 Å². The molecule has 2 nitrogen and oxygen atoms in total. The third kappa shape index (κ3) is 1.49. The summed E-state index contributed by atoms with van der Waals surface area (Å²) in [6.45, 7) is 0. The first-order valence-corrected chi connectivity index (χ1v) is 4.18. The molecule has 0 bridgehead atoms. The van der Waals surface area contributed by atoms with Gasteiger partial charge in [0.2, 0.25) is 0 Å². The summed E-state index contributed by atoms with van der Waals surface area (Å²) in [7, 11) is 0. The van der Waals surface area contributed by atoms with Crippen molar-refractivity contribution in [3.63, 3.8) is 0 Å². The van der Waals surface area contributed by atoms with Crippen LogP contribution in [0.4, 0.5) is 14.5 Å². The van der Waals surface area contributed by atoms with E-state index >= 15 is 0 Å². The van der Waals surface area contributed by atoms with Crippen LogP contribution in [0.2, 0.25) is 0 Å². The van der Waals surface area contributed by atoms with Crippen molar-refractivity contribution in [1.29, 1.82) is 0 Å². The van der Waals surface area contributed by atoms with Crippen LogP contribution in [0, 0.1) is 11.6 Å². The van der Waals surface area contributed by atoms with Crippen LogP contribution in [0.15, 0.2) is 12.1 Å². The summed E-state index contributed by atoms with van der Waals surface area (Å²) in [5, 5.41) is 0. The SMILES string of the molecule is NNc1c(F)cc(C2CC2)cc1F. The molecular weight excluding hydrogens is 174 g/mol. The Morgan fingerprint density at radius 1 is 1.23 bits per heavy atom. The summed E-state index contributed by atoms with van der Waals surface area (Å²) in [6, 6.07) is 2.69. The summed E-state index contributed by atoms with van der Waals surface area (Å²) in [4.78, 5) is 0. The fourth-order valence-electron chi connectivity index (χ4n) is 1.38. The zero-order chi connectivity index (χ0) is 9.42. The molecular formula is C9H10F2N2. The number of nitrogen functional groups attached to an aromatic ring is 1. The highest BCUT2D eigenvalue weighted by Gasteiger charge is 2.25. The van der Waals surface area contributed by atoms with Gasteiger partial charge in [0.25, 0.3) is 0 Å². The third-order valence-corrected chi connectivity index (χ3v) is 2.26. The van der Waals surface area contributed by atoms with Crippen molar-refractivity contribution in [2.24, 2.45) is 5.84 Å². The number of hydrogen-bond donors (Lipinski definition) is 2. The Kier molecular flexibility index (Phi) is 1.92. The molecule has 4 heteroatoms. The predicted octanol–water partition coefficient (Wildman–Crippen LogP) is 2.13. The number of benzene rings is 1. The maximum absolute atomic E-state index is 13.1. The van der Waals surface area contributed by atoms with Gasteiger partial charge in [-0.25, -0.2) is 8.78 Å². The number of nitrogens with one attached hydrogen (secondary N) is 1. The average Bonchev–Trinajstić information content (AvgIpc) is 2.85. The highest BCUT2D eigenvalue weighted by molar-refractivity contribution is 5.48. The molecule has 1 aliphatic carbocycles. The van der Waals surface area contributed by atoms with Crippen LogP contribution in [0.25, 0.3) is 0 Å². The fraction of sp³-hybridized carbons (Fsp3) is 0.333. The first-order chi connectivity index (χ1) is 6.22. The van der Waals surface area contributed by atoms with E-state index in [1.165, 1.54) is 12.1 Å². The van der Waals surface area contributed by atoms with Crippen molar-refractivity contribution in [1.82, 2.24) is 0 Å². The van der Waals surface area contributed by atoms with Gasteiger partial charge in [-0.05, 0) is 36.5 Å². The van der Waals surface area contributed by atoms with Gasteiger partial charge in [-0.2, -0.15) is 0 Å². The average molecular weight is 184 g/mol. The van der Waals surface area contributed by atoms with Gasteiger partial charge >= 0.3 is 0 Å². The molecule has 1 fully saturated rings. The van der Waals surface area contributed by atoms with Crippen LogP contribution in [-0.2, 0) is 0 Å². The van der Waals surface area contributed by atoms with Gasteiger partial charge in [0.1, 0.15) is 5.69 Å². The zero-order valence-corrected chi connectivity index (χ0v) is 6.98. The molecule has 2 rings (SSSR count). The first-order valence-electron chi connectivity index (χ1n) is 4.18. The topological polar surface area (TPSA) is 38.0 Å². The van der Waals surface area contributed by atoms with Crippen LogP contribution in [0.1, 0.15) is 24.3 Å². The van der Waals surface area contributed by atoms with Gasteiger partial charge in [0, 0.05) is 0 Å². The van der Waals surface area contributed by atoms with Gasteiger partial charge in [-0.15, -0.1) is 0 Å². The van der Waals surface area contributed by atoms with Gasteiger partial charge in [0.05, 0.1) is 0 Å². The quantitative estimate of drug-likeness (QED) is 0.545. The Bertz CT molecular complexity index is 311. The molecule has 0 atom stereocenters. The second-order valence-electron chi connectivity index (χ2n) is 3.28. The number of hydrazine groups is 1. The summed E-state index contributed by atoms with van der Waals surface area (Å²) in [6.07, 6.45) is 2.04. The Morgan fingerprint density at radius 2 is 1.77 bits per heavy atom. The molecule has 0 saturated heterocycles. The van der Waals surface area contributed by atoms with Crippen molar-refractivity contribution in [2.75, 3.05) is 5.43 Å². The first kappa shape index (κ1) is 8.44. The molecule has 1 aliphatic rings. The number of rotatable bonds is 2. The molecule has 0 spiro atoms. The predicted molar refractivity (Wildman–Crippen MR) is 46.1 cm³/mol. The molecule has 1 aromatic carbocycles. The second kappa shape index (κ2) is 2.96. The van der Waals surface area contributed by atoms with E-state index in [0.717, 1.165) is 18.4 Å². The summed E-state index contributed by atoms with van der Waals surface area (Å²) in [5.41, 5.74) is 2.47. The maximum Gasteiger partial charge on any atom is 0.150 e. The molecule has 70 valence electrons. The molecule has 0 aromatic heterocycles. The Morgan fingerprint density at radius 3 is 2.15 bits per heavy atom. The van der Waals surface area contributed by atoms with Crippen molar-refractivity contribution >= 4 is 5.69 Å². The van der Waals surface area contributed by atoms with E-state index in [4.69, 9.17) is 5.84 Å². The lowest BCUT2D eigenvalue weighted by Crippen LogP contribution is -2.11. The number of anilines is 1. The molecule has 0 amide bonds. The van der Waals surface area contributed by atoms with Crippen LogP contribution in [-0.4, -0.2) is 0 Å².